The summed E-state index contributed by atoms with van der Waals surface area (Å²) in [6.45, 7) is -0.475. The lowest BCUT2D eigenvalue weighted by atomic mass is 10.1. The van der Waals surface area contributed by atoms with Crippen molar-refractivity contribution in [2.75, 3.05) is 11.9 Å². The summed E-state index contributed by atoms with van der Waals surface area (Å²) in [4.78, 5) is 8.09. The number of rotatable bonds is 10. The van der Waals surface area contributed by atoms with Crippen LogP contribution in [-0.4, -0.2) is 48.8 Å². The van der Waals surface area contributed by atoms with Crippen LogP contribution >= 0.6 is 0 Å². The average Bonchev–Trinajstić information content (AvgIpc) is 3.50. The van der Waals surface area contributed by atoms with Gasteiger partial charge in [0.25, 0.3) is 0 Å². The second-order valence-electron chi connectivity index (χ2n) is 7.97. The molecule has 4 aromatic rings. The largest absolute Gasteiger partial charge is 0.394 e. The SMILES string of the molecule is OCC(CCCC(F)(F)F)Nc1nc(-c2cc(-c3ccon3)n(Cc3ccccc3F)n2)ncc1F. The van der Waals surface area contributed by atoms with Gasteiger partial charge in [0.1, 0.15) is 23.5 Å². The number of hydrogen-bond donors (Lipinski definition) is 2. The van der Waals surface area contributed by atoms with E-state index in [1.807, 2.05) is 0 Å². The topological polar surface area (TPSA) is 102 Å². The zero-order valence-corrected chi connectivity index (χ0v) is 18.7. The molecule has 1 unspecified atom stereocenters. The molecular formula is C23H21F5N6O2. The van der Waals surface area contributed by atoms with Gasteiger partial charge in [-0.3, -0.25) is 4.68 Å². The molecule has 0 bridgehead atoms. The quantitative estimate of drug-likeness (QED) is 0.296. The fourth-order valence-electron chi connectivity index (χ4n) is 3.53. The van der Waals surface area contributed by atoms with E-state index in [0.717, 1.165) is 6.20 Å². The van der Waals surface area contributed by atoms with Crippen molar-refractivity contribution in [2.45, 2.75) is 38.0 Å². The summed E-state index contributed by atoms with van der Waals surface area (Å²) in [5, 5.41) is 20.5. The molecule has 2 N–H and O–H groups in total. The maximum absolute atomic E-state index is 14.4. The molecule has 0 saturated heterocycles. The highest BCUT2D eigenvalue weighted by Gasteiger charge is 2.27. The molecule has 3 heterocycles. The van der Waals surface area contributed by atoms with E-state index < -0.39 is 36.9 Å². The van der Waals surface area contributed by atoms with Gasteiger partial charge in [0.15, 0.2) is 17.5 Å². The van der Waals surface area contributed by atoms with Crippen molar-refractivity contribution in [3.05, 3.63) is 66.1 Å². The van der Waals surface area contributed by atoms with Gasteiger partial charge >= 0.3 is 6.18 Å². The molecule has 3 aromatic heterocycles. The van der Waals surface area contributed by atoms with Crippen LogP contribution in [-0.2, 0) is 6.54 Å². The summed E-state index contributed by atoms with van der Waals surface area (Å²) in [7, 11) is 0. The van der Waals surface area contributed by atoms with Crippen LogP contribution in [0.25, 0.3) is 22.9 Å². The Morgan fingerprint density at radius 1 is 1.08 bits per heavy atom. The number of halogens is 5. The normalized spacial score (nSPS) is 12.6. The Morgan fingerprint density at radius 3 is 2.58 bits per heavy atom. The van der Waals surface area contributed by atoms with E-state index in [9.17, 15) is 27.1 Å². The summed E-state index contributed by atoms with van der Waals surface area (Å²) in [6, 6.07) is 8.48. The van der Waals surface area contributed by atoms with Gasteiger partial charge in [-0.1, -0.05) is 23.4 Å². The van der Waals surface area contributed by atoms with Gasteiger partial charge in [-0.15, -0.1) is 0 Å². The summed E-state index contributed by atoms with van der Waals surface area (Å²) in [5.41, 5.74) is 1.45. The van der Waals surface area contributed by atoms with Gasteiger partial charge in [-0.05, 0) is 25.0 Å². The maximum atomic E-state index is 14.4. The number of hydrogen-bond acceptors (Lipinski definition) is 7. The Hall–Kier alpha value is -3.87. The average molecular weight is 508 g/mol. The highest BCUT2D eigenvalue weighted by molar-refractivity contribution is 5.63. The van der Waals surface area contributed by atoms with Crippen molar-refractivity contribution in [3.8, 4) is 22.9 Å². The molecule has 0 amide bonds. The monoisotopic (exact) mass is 508 g/mol. The van der Waals surface area contributed by atoms with E-state index in [2.05, 4.69) is 25.5 Å². The number of benzene rings is 1. The van der Waals surface area contributed by atoms with Crippen LogP contribution in [0.5, 0.6) is 0 Å². The molecule has 190 valence electrons. The molecule has 0 fully saturated rings. The van der Waals surface area contributed by atoms with Crippen LogP contribution in [0.3, 0.4) is 0 Å². The molecule has 1 atom stereocenters. The Labute approximate surface area is 201 Å². The number of nitrogens with one attached hydrogen (secondary N) is 1. The van der Waals surface area contributed by atoms with Crippen LogP contribution in [0.4, 0.5) is 27.8 Å². The van der Waals surface area contributed by atoms with Crippen molar-refractivity contribution >= 4 is 5.82 Å². The van der Waals surface area contributed by atoms with Crippen LogP contribution in [0.2, 0.25) is 0 Å². The smallest absolute Gasteiger partial charge is 0.389 e. The number of anilines is 1. The van der Waals surface area contributed by atoms with Crippen molar-refractivity contribution in [1.82, 2.24) is 24.9 Å². The molecule has 8 nitrogen and oxygen atoms in total. The maximum Gasteiger partial charge on any atom is 0.389 e. The molecule has 0 aliphatic heterocycles. The molecule has 0 radical (unpaired) electrons. The molecule has 0 saturated carbocycles. The Morgan fingerprint density at radius 2 is 1.89 bits per heavy atom. The first-order valence-electron chi connectivity index (χ1n) is 10.9. The zero-order chi connectivity index (χ0) is 25.7. The third-order valence-corrected chi connectivity index (χ3v) is 5.31. The van der Waals surface area contributed by atoms with Gasteiger partial charge in [0.2, 0.25) is 0 Å². The number of nitrogens with zero attached hydrogens (tertiary/aromatic N) is 5. The summed E-state index contributed by atoms with van der Waals surface area (Å²) in [5.74, 6) is -1.57. The van der Waals surface area contributed by atoms with Gasteiger partial charge < -0.3 is 14.9 Å². The molecule has 36 heavy (non-hydrogen) atoms. The van der Waals surface area contributed by atoms with Crippen LogP contribution < -0.4 is 5.32 Å². The standard InChI is InChI=1S/C23H21F5N6O2/c24-16-6-2-1-4-14(16)12-34-20(18-7-9-36-33-18)10-19(32-34)22-29-11-17(25)21(31-22)30-15(13-35)5-3-8-23(26,27)28/h1-2,4,6-7,9-11,15,35H,3,5,8,12-13H2,(H,29,30,31). The van der Waals surface area contributed by atoms with Gasteiger partial charge in [-0.2, -0.15) is 18.3 Å². The minimum atomic E-state index is -4.32. The fourth-order valence-corrected chi connectivity index (χ4v) is 3.53. The highest BCUT2D eigenvalue weighted by Crippen LogP contribution is 2.27. The lowest BCUT2D eigenvalue weighted by molar-refractivity contribution is -0.135. The third-order valence-electron chi connectivity index (χ3n) is 5.31. The number of aliphatic hydroxyl groups excluding tert-OH is 1. The lowest BCUT2D eigenvalue weighted by Gasteiger charge is -2.17. The lowest BCUT2D eigenvalue weighted by Crippen LogP contribution is -2.25. The van der Waals surface area contributed by atoms with Crippen molar-refractivity contribution in [3.63, 3.8) is 0 Å². The molecular weight excluding hydrogens is 487 g/mol. The van der Waals surface area contributed by atoms with Crippen molar-refractivity contribution in [2.24, 2.45) is 0 Å². The molecule has 0 aliphatic carbocycles. The Kier molecular flexibility index (Phi) is 7.58. The number of aliphatic hydroxyl groups is 1. The second kappa shape index (κ2) is 10.8. The van der Waals surface area contributed by atoms with Gasteiger partial charge in [-0.25, -0.2) is 18.7 Å². The molecule has 0 spiro atoms. The van der Waals surface area contributed by atoms with Crippen LogP contribution in [0.1, 0.15) is 24.8 Å². The fraction of sp³-hybridized carbons (Fsp3) is 0.304. The predicted molar refractivity (Wildman–Crippen MR) is 119 cm³/mol. The molecule has 13 heteroatoms. The van der Waals surface area contributed by atoms with E-state index in [4.69, 9.17) is 4.52 Å². The van der Waals surface area contributed by atoms with Crippen molar-refractivity contribution < 1.29 is 31.6 Å². The number of aromatic nitrogens is 5. The molecule has 0 aliphatic rings. The second-order valence-corrected chi connectivity index (χ2v) is 7.97. The summed E-state index contributed by atoms with van der Waals surface area (Å²) in [6.07, 6.45) is -3.39. The first-order chi connectivity index (χ1) is 17.2. The van der Waals surface area contributed by atoms with E-state index in [0.29, 0.717) is 17.0 Å². The summed E-state index contributed by atoms with van der Waals surface area (Å²) < 4.78 is 72.3. The van der Waals surface area contributed by atoms with Gasteiger partial charge in [0.05, 0.1) is 31.1 Å². The van der Waals surface area contributed by atoms with E-state index in [1.165, 1.54) is 17.0 Å². The predicted octanol–water partition coefficient (Wildman–Crippen LogP) is 4.83. The first kappa shape index (κ1) is 25.2. The Balaban J connectivity index is 1.61. The van der Waals surface area contributed by atoms with E-state index >= 15 is 0 Å². The minimum absolute atomic E-state index is 0.00269. The summed E-state index contributed by atoms with van der Waals surface area (Å²) >= 11 is 0. The van der Waals surface area contributed by atoms with E-state index in [-0.39, 0.29) is 36.7 Å². The van der Waals surface area contributed by atoms with E-state index in [1.54, 1.807) is 30.3 Å². The molecule has 4 rings (SSSR count). The first-order valence-corrected chi connectivity index (χ1v) is 10.9. The van der Waals surface area contributed by atoms with Crippen LogP contribution in [0, 0.1) is 11.6 Å². The zero-order valence-electron chi connectivity index (χ0n) is 18.7. The Bertz CT molecular complexity index is 1290. The third kappa shape index (κ3) is 6.22. The van der Waals surface area contributed by atoms with Crippen LogP contribution in [0.15, 0.2) is 53.4 Å². The molecule has 1 aromatic carbocycles. The highest BCUT2D eigenvalue weighted by atomic mass is 19.4. The van der Waals surface area contributed by atoms with Crippen molar-refractivity contribution in [1.29, 1.82) is 0 Å². The minimum Gasteiger partial charge on any atom is -0.394 e. The van der Waals surface area contributed by atoms with Gasteiger partial charge in [0, 0.05) is 18.1 Å². The number of alkyl halides is 3.